The smallest absolute Gasteiger partial charge is 0.306 e. The molecule has 2 saturated carbocycles. The Hall–Kier alpha value is -4.28. The van der Waals surface area contributed by atoms with E-state index in [0.29, 0.717) is 63.0 Å². The summed E-state index contributed by atoms with van der Waals surface area (Å²) in [5.74, 6) is -1.98. The van der Waals surface area contributed by atoms with Gasteiger partial charge in [-0.05, 0) is 88.8 Å². The Labute approximate surface area is 371 Å². The number of sulfonamides is 1. The number of allylic oxidation sites excluding steroid dienone is 1. The van der Waals surface area contributed by atoms with Crippen LogP contribution in [0, 0.1) is 24.2 Å². The molecule has 4 fully saturated rings. The normalized spacial score (nSPS) is 29.2. The molecule has 2 aromatic rings. The third-order valence-corrected chi connectivity index (χ3v) is 16.1. The summed E-state index contributed by atoms with van der Waals surface area (Å²) < 4.78 is 52.3. The zero-order chi connectivity index (χ0) is 44.8. The fourth-order valence-electron chi connectivity index (χ4n) is 9.57. The number of aryl methyl sites for hydroxylation is 2. The van der Waals surface area contributed by atoms with Crippen molar-refractivity contribution in [1.29, 1.82) is 0 Å². The van der Waals surface area contributed by atoms with E-state index in [9.17, 15) is 27.6 Å². The van der Waals surface area contributed by atoms with Crippen LogP contribution >= 0.6 is 0 Å². The van der Waals surface area contributed by atoms with Crippen LogP contribution in [0.3, 0.4) is 0 Å². The second-order valence-electron chi connectivity index (χ2n) is 20.3. The van der Waals surface area contributed by atoms with Gasteiger partial charge in [-0.15, -0.1) is 0 Å². The number of carbonyl (C=O) groups is 4. The number of fused-ring (bicyclic) bond motifs is 5. The van der Waals surface area contributed by atoms with Crippen molar-refractivity contribution in [3.63, 3.8) is 0 Å². The van der Waals surface area contributed by atoms with Crippen LogP contribution in [0.5, 0.6) is 11.5 Å². The number of hydrogen-bond acceptors (Lipinski definition) is 12. The third kappa shape index (κ3) is 9.87. The number of pyridine rings is 1. The van der Waals surface area contributed by atoms with Crippen molar-refractivity contribution in [2.75, 3.05) is 52.6 Å². The summed E-state index contributed by atoms with van der Waals surface area (Å²) in [6.07, 6.45) is 9.55. The van der Waals surface area contributed by atoms with Gasteiger partial charge in [0.05, 0.1) is 48.7 Å². The topological polar surface area (TPSA) is 183 Å². The number of ether oxygens (including phenoxy) is 4. The van der Waals surface area contributed by atoms with Gasteiger partial charge in [0, 0.05) is 48.8 Å². The minimum Gasteiger partial charge on any atom is -0.492 e. The lowest BCUT2D eigenvalue weighted by molar-refractivity contribution is -0.152. The summed E-state index contributed by atoms with van der Waals surface area (Å²) in [5, 5.41) is 3.91. The number of rotatable bonds is 10. The molecule has 2 aliphatic carbocycles. The molecule has 1 aromatic carbocycles. The molecular formula is C47H65N5O10S. The van der Waals surface area contributed by atoms with E-state index >= 15 is 0 Å². The van der Waals surface area contributed by atoms with E-state index in [1.165, 1.54) is 0 Å². The summed E-state index contributed by atoms with van der Waals surface area (Å²) in [6.45, 7) is 14.2. The molecule has 16 heteroatoms. The second-order valence-corrected chi connectivity index (χ2v) is 22.5. The lowest BCUT2D eigenvalue weighted by Gasteiger charge is -2.36. The molecule has 3 amide bonds. The molecule has 0 unspecified atom stereocenters. The number of morpholine rings is 1. The quantitative estimate of drug-likeness (QED) is 0.243. The average molecular weight is 892 g/mol. The van der Waals surface area contributed by atoms with Gasteiger partial charge < -0.3 is 29.2 Å². The highest BCUT2D eigenvalue weighted by Gasteiger charge is 2.64. The van der Waals surface area contributed by atoms with Gasteiger partial charge in [-0.1, -0.05) is 45.8 Å². The van der Waals surface area contributed by atoms with Gasteiger partial charge in [0.15, 0.2) is 0 Å². The standard InChI is InChI=1S/C47H65N5O10S/c1-31-40-35(36-26-34(13-14-37(36)48-31)60-24-21-51-19-22-59-23-20-51)15-16-46(62-40)28-38-41(54)49-47(43(56)50-63(57,58)45(5)17-18-45)27-33(47)12-10-8-6-7-9-11-32(42(55)52(38)29-46)25-39(53)61-30-44(2,3)4/h10,12-14,26,32-33,38H,6-9,11,15-25,27-30H2,1-5H3,(H,49,54)(H,50,56)/b12-10-/t32-,33-,38+,46-,47-/m1/s1. The molecule has 6 aliphatic rings. The van der Waals surface area contributed by atoms with Gasteiger partial charge in [0.2, 0.25) is 21.8 Å². The van der Waals surface area contributed by atoms with Crippen LogP contribution in [0.25, 0.3) is 10.9 Å². The van der Waals surface area contributed by atoms with E-state index in [4.69, 9.17) is 23.9 Å². The van der Waals surface area contributed by atoms with Crippen LogP contribution in [-0.4, -0.2) is 121 Å². The van der Waals surface area contributed by atoms with Crippen molar-refractivity contribution in [3.05, 3.63) is 41.6 Å². The van der Waals surface area contributed by atoms with E-state index < -0.39 is 61.6 Å². The molecule has 0 radical (unpaired) electrons. The molecule has 8 rings (SSSR count). The summed E-state index contributed by atoms with van der Waals surface area (Å²) >= 11 is 0. The lowest BCUT2D eigenvalue weighted by Crippen LogP contribution is -2.57. The number of amides is 3. The minimum absolute atomic E-state index is 0.0777. The molecule has 2 saturated heterocycles. The Bertz CT molecular complexity index is 2250. The second kappa shape index (κ2) is 17.6. The highest BCUT2D eigenvalue weighted by molar-refractivity contribution is 7.91. The Morgan fingerprint density at radius 3 is 2.59 bits per heavy atom. The van der Waals surface area contributed by atoms with Crippen molar-refractivity contribution in [2.24, 2.45) is 17.3 Å². The Morgan fingerprint density at radius 1 is 1.06 bits per heavy atom. The van der Waals surface area contributed by atoms with Crippen molar-refractivity contribution in [3.8, 4) is 11.5 Å². The Kier molecular flexibility index (Phi) is 12.7. The van der Waals surface area contributed by atoms with Crippen molar-refractivity contribution in [2.45, 2.75) is 134 Å². The molecule has 0 bridgehead atoms. The molecule has 5 heterocycles. The van der Waals surface area contributed by atoms with Crippen molar-refractivity contribution >= 4 is 44.6 Å². The first-order chi connectivity index (χ1) is 29.9. The van der Waals surface area contributed by atoms with Crippen molar-refractivity contribution in [1.82, 2.24) is 24.8 Å². The monoisotopic (exact) mass is 891 g/mol. The molecule has 15 nitrogen and oxygen atoms in total. The first kappa shape index (κ1) is 45.3. The van der Waals surface area contributed by atoms with Gasteiger partial charge in [-0.25, -0.2) is 13.4 Å². The zero-order valence-electron chi connectivity index (χ0n) is 37.6. The fraction of sp³-hybridized carbons (Fsp3) is 0.681. The minimum atomic E-state index is -4.00. The average Bonchev–Trinajstić information content (AvgIpc) is 4.13. The van der Waals surface area contributed by atoms with Gasteiger partial charge >= 0.3 is 5.97 Å². The Balaban J connectivity index is 1.08. The van der Waals surface area contributed by atoms with Crippen LogP contribution in [0.15, 0.2) is 30.4 Å². The highest BCUT2D eigenvalue weighted by Crippen LogP contribution is 2.49. The number of hydrogen-bond donors (Lipinski definition) is 2. The van der Waals surface area contributed by atoms with Crippen LogP contribution in [0.4, 0.5) is 0 Å². The van der Waals surface area contributed by atoms with Crippen LogP contribution in [0.2, 0.25) is 0 Å². The van der Waals surface area contributed by atoms with E-state index in [1.54, 1.807) is 11.8 Å². The van der Waals surface area contributed by atoms with Gasteiger partial charge in [-0.3, -0.25) is 28.8 Å². The molecule has 344 valence electrons. The van der Waals surface area contributed by atoms with Crippen molar-refractivity contribution < 1.29 is 46.5 Å². The van der Waals surface area contributed by atoms with E-state index in [0.717, 1.165) is 67.9 Å². The SMILES string of the molecule is Cc1nc2ccc(OCCN3CCOCC3)cc2c2c1O[C@]1(CC2)C[C@H]2C(=O)N[C@]3(C(=O)NS(=O)(=O)C4(C)CC4)C[C@H]3/C=C\CCCCC[C@H](CC(=O)OCC(C)(C)C)C(=O)N2C1. The molecular weight excluding hydrogens is 827 g/mol. The number of carbonyl (C=O) groups excluding carboxylic acids is 4. The van der Waals surface area contributed by atoms with E-state index in [2.05, 4.69) is 14.9 Å². The molecule has 63 heavy (non-hydrogen) atoms. The molecule has 4 aliphatic heterocycles. The summed E-state index contributed by atoms with van der Waals surface area (Å²) in [4.78, 5) is 66.0. The maximum Gasteiger partial charge on any atom is 0.306 e. The number of esters is 1. The molecule has 1 aromatic heterocycles. The molecule has 1 spiro atoms. The van der Waals surface area contributed by atoms with E-state index in [-0.39, 0.29) is 43.7 Å². The number of nitrogens with zero attached hydrogens (tertiary/aromatic N) is 3. The fourth-order valence-corrected chi connectivity index (χ4v) is 10.9. The molecule has 5 atom stereocenters. The van der Waals surface area contributed by atoms with Crippen LogP contribution < -0.4 is 19.5 Å². The number of aromatic nitrogens is 1. The lowest BCUT2D eigenvalue weighted by atomic mass is 9.87. The predicted molar refractivity (Wildman–Crippen MR) is 235 cm³/mol. The van der Waals surface area contributed by atoms with Crippen LogP contribution in [-0.2, 0) is 45.1 Å². The largest absolute Gasteiger partial charge is 0.492 e. The third-order valence-electron chi connectivity index (χ3n) is 13.9. The summed E-state index contributed by atoms with van der Waals surface area (Å²) in [6, 6.07) is 4.84. The maximum atomic E-state index is 15.0. The van der Waals surface area contributed by atoms with Gasteiger partial charge in [-0.2, -0.15) is 0 Å². The maximum absolute atomic E-state index is 15.0. The predicted octanol–water partition coefficient (Wildman–Crippen LogP) is 4.91. The summed E-state index contributed by atoms with van der Waals surface area (Å²) in [7, 11) is -4.00. The number of nitrogens with one attached hydrogen (secondary N) is 2. The Morgan fingerprint density at radius 2 is 1.84 bits per heavy atom. The van der Waals surface area contributed by atoms with Crippen LogP contribution in [0.1, 0.15) is 110 Å². The summed E-state index contributed by atoms with van der Waals surface area (Å²) in [5.41, 5.74) is -0.268. The highest BCUT2D eigenvalue weighted by atomic mass is 32.2. The molecule has 2 N–H and O–H groups in total. The van der Waals surface area contributed by atoms with E-state index in [1.807, 2.05) is 58.0 Å². The van der Waals surface area contributed by atoms with Gasteiger partial charge in [0.25, 0.3) is 5.91 Å². The number of benzene rings is 1. The first-order valence-electron chi connectivity index (χ1n) is 23.0. The first-order valence-corrected chi connectivity index (χ1v) is 24.5. The van der Waals surface area contributed by atoms with Gasteiger partial charge in [0.1, 0.15) is 35.3 Å². The zero-order valence-corrected chi connectivity index (χ0v) is 38.4.